The zero-order chi connectivity index (χ0) is 29.6. The molecule has 0 aliphatic carbocycles. The zero-order valence-corrected chi connectivity index (χ0v) is 22.7. The number of halogens is 3. The Kier molecular flexibility index (Phi) is 9.12. The van der Waals surface area contributed by atoms with Crippen LogP contribution in [0.3, 0.4) is 0 Å². The van der Waals surface area contributed by atoms with Crippen molar-refractivity contribution in [3.05, 3.63) is 113 Å². The molecule has 0 saturated heterocycles. The summed E-state index contributed by atoms with van der Waals surface area (Å²) in [6.45, 7) is 4.20. The number of benzene rings is 4. The molecular weight excluding hydrogens is 531 g/mol. The Morgan fingerprint density at radius 3 is 2.07 bits per heavy atom. The lowest BCUT2D eigenvalue weighted by atomic mass is 9.85. The maximum absolute atomic E-state index is 12.6. The van der Waals surface area contributed by atoms with Gasteiger partial charge >= 0.3 is 12.3 Å². The Morgan fingerprint density at radius 2 is 1.46 bits per heavy atom. The van der Waals surface area contributed by atoms with E-state index in [0.717, 1.165) is 38.9 Å². The Labute approximate surface area is 236 Å². The second-order valence-electron chi connectivity index (χ2n) is 9.94. The predicted octanol–water partition coefficient (Wildman–Crippen LogP) is 7.78. The number of hydrogen-bond donors (Lipinski definition) is 2. The van der Waals surface area contributed by atoms with Crippen molar-refractivity contribution in [3.8, 4) is 28.0 Å². The average molecular weight is 562 g/mol. The van der Waals surface area contributed by atoms with Gasteiger partial charge in [-0.05, 0) is 76.9 Å². The van der Waals surface area contributed by atoms with Crippen molar-refractivity contribution < 1.29 is 32.6 Å². The number of aryl methyl sites for hydroxylation is 1. The largest absolute Gasteiger partial charge is 0.573 e. The fraction of sp³-hybridized carbons (Fsp3) is 0.212. The van der Waals surface area contributed by atoms with Gasteiger partial charge in [0.15, 0.2) is 0 Å². The van der Waals surface area contributed by atoms with Crippen molar-refractivity contribution in [2.24, 2.45) is 0 Å². The minimum absolute atomic E-state index is 0.0587. The Hall–Kier alpha value is -4.59. The minimum Gasteiger partial charge on any atom is -0.481 e. The van der Waals surface area contributed by atoms with Crippen LogP contribution < -0.4 is 10.1 Å². The molecule has 4 aromatic carbocycles. The molecule has 0 saturated carbocycles. The van der Waals surface area contributed by atoms with Crippen LogP contribution in [0.4, 0.5) is 13.2 Å². The Bertz CT molecular complexity index is 1500. The van der Waals surface area contributed by atoms with Gasteiger partial charge < -0.3 is 15.2 Å². The molecule has 4 rings (SSSR count). The molecule has 0 aromatic heterocycles. The number of carboxylic acids is 1. The van der Waals surface area contributed by atoms with Gasteiger partial charge in [-0.15, -0.1) is 13.2 Å². The minimum atomic E-state index is -4.75. The summed E-state index contributed by atoms with van der Waals surface area (Å²) in [5.74, 6) is -1.51. The van der Waals surface area contributed by atoms with E-state index in [1.54, 1.807) is 24.3 Å². The van der Waals surface area contributed by atoms with Crippen molar-refractivity contribution in [2.75, 3.05) is 6.54 Å². The van der Waals surface area contributed by atoms with E-state index in [1.165, 1.54) is 12.1 Å². The van der Waals surface area contributed by atoms with Crippen molar-refractivity contribution in [3.63, 3.8) is 0 Å². The van der Waals surface area contributed by atoms with Crippen molar-refractivity contribution in [1.82, 2.24) is 5.32 Å². The molecule has 0 heterocycles. The molecule has 0 aliphatic heterocycles. The van der Waals surface area contributed by atoms with Crippen LogP contribution in [0.2, 0.25) is 0 Å². The van der Waals surface area contributed by atoms with Crippen molar-refractivity contribution in [1.29, 1.82) is 0 Å². The topological polar surface area (TPSA) is 75.6 Å². The standard InChI is InChI=1S/C33H30F3NO4/c1-21-3-7-25(8-4-21)29-16-13-27(24-11-14-28(15-12-24)41-33(34,35)36)20-30(29)22(2)19-23-5-9-26(10-6-23)32(40)37-18-17-31(38)39/h3-16,20,22H,17-19H2,1-2H3,(H,37,40)(H,38,39). The lowest BCUT2D eigenvalue weighted by Crippen LogP contribution is -2.25. The summed E-state index contributed by atoms with van der Waals surface area (Å²) in [7, 11) is 0. The van der Waals surface area contributed by atoms with Gasteiger partial charge in [0.25, 0.3) is 5.91 Å². The summed E-state index contributed by atoms with van der Waals surface area (Å²) < 4.78 is 41.8. The van der Waals surface area contributed by atoms with Crippen molar-refractivity contribution >= 4 is 11.9 Å². The van der Waals surface area contributed by atoms with Crippen LogP contribution in [0.1, 0.15) is 46.3 Å². The van der Waals surface area contributed by atoms with Gasteiger partial charge in [-0.2, -0.15) is 0 Å². The first-order valence-corrected chi connectivity index (χ1v) is 13.1. The van der Waals surface area contributed by atoms with Gasteiger partial charge in [0, 0.05) is 12.1 Å². The lowest BCUT2D eigenvalue weighted by molar-refractivity contribution is -0.274. The third-order valence-corrected chi connectivity index (χ3v) is 6.75. The first kappa shape index (κ1) is 29.4. The second-order valence-corrected chi connectivity index (χ2v) is 9.94. The number of carbonyl (C=O) groups excluding carboxylic acids is 1. The van der Waals surface area contributed by atoms with E-state index in [0.29, 0.717) is 12.0 Å². The maximum Gasteiger partial charge on any atom is 0.573 e. The highest BCUT2D eigenvalue weighted by Crippen LogP contribution is 2.36. The Morgan fingerprint density at radius 1 is 0.854 bits per heavy atom. The molecular formula is C33H30F3NO4. The molecule has 1 unspecified atom stereocenters. The number of rotatable bonds is 10. The average Bonchev–Trinajstić information content (AvgIpc) is 2.93. The number of amides is 1. The molecule has 0 spiro atoms. The molecule has 5 nitrogen and oxygen atoms in total. The van der Waals surface area contributed by atoms with Gasteiger partial charge in [0.2, 0.25) is 0 Å². The summed E-state index contributed by atoms with van der Waals surface area (Å²) in [6, 6.07) is 27.4. The molecule has 212 valence electrons. The van der Waals surface area contributed by atoms with E-state index in [1.807, 2.05) is 31.2 Å². The molecule has 0 bridgehead atoms. The highest BCUT2D eigenvalue weighted by Gasteiger charge is 2.31. The van der Waals surface area contributed by atoms with Crippen LogP contribution >= 0.6 is 0 Å². The fourth-order valence-electron chi connectivity index (χ4n) is 4.64. The van der Waals surface area contributed by atoms with Crippen LogP contribution in [0.5, 0.6) is 5.75 Å². The lowest BCUT2D eigenvalue weighted by Gasteiger charge is -2.19. The molecule has 0 fully saturated rings. The first-order chi connectivity index (χ1) is 19.5. The number of hydrogen-bond acceptors (Lipinski definition) is 3. The summed E-state index contributed by atoms with van der Waals surface area (Å²) in [4.78, 5) is 23.0. The molecule has 2 N–H and O–H groups in total. The molecule has 4 aromatic rings. The van der Waals surface area contributed by atoms with Crippen molar-refractivity contribution in [2.45, 2.75) is 39.0 Å². The van der Waals surface area contributed by atoms with E-state index < -0.39 is 12.3 Å². The molecule has 1 atom stereocenters. The van der Waals surface area contributed by atoms with E-state index in [9.17, 15) is 22.8 Å². The first-order valence-electron chi connectivity index (χ1n) is 13.1. The van der Waals surface area contributed by atoms with Crippen LogP contribution in [-0.2, 0) is 11.2 Å². The highest BCUT2D eigenvalue weighted by molar-refractivity contribution is 5.94. The number of aliphatic carboxylic acids is 1. The third kappa shape index (κ3) is 8.20. The van der Waals surface area contributed by atoms with Crippen LogP contribution in [0, 0.1) is 6.92 Å². The van der Waals surface area contributed by atoms with Gasteiger partial charge in [-0.25, -0.2) is 0 Å². The number of ether oxygens (including phenoxy) is 1. The predicted molar refractivity (Wildman–Crippen MR) is 152 cm³/mol. The maximum atomic E-state index is 12.6. The summed E-state index contributed by atoms with van der Waals surface area (Å²) in [5, 5.41) is 11.4. The normalized spacial score (nSPS) is 12.0. The van der Waals surface area contributed by atoms with Crippen LogP contribution in [0.25, 0.3) is 22.3 Å². The Balaban J connectivity index is 1.59. The smallest absolute Gasteiger partial charge is 0.481 e. The summed E-state index contributed by atoms with van der Waals surface area (Å²) >= 11 is 0. The van der Waals surface area contributed by atoms with E-state index in [4.69, 9.17) is 5.11 Å². The number of nitrogens with one attached hydrogen (secondary N) is 1. The molecule has 0 aliphatic rings. The zero-order valence-electron chi connectivity index (χ0n) is 22.7. The quantitative estimate of drug-likeness (QED) is 0.207. The van der Waals surface area contributed by atoms with Gasteiger partial charge in [-0.1, -0.05) is 79.2 Å². The monoisotopic (exact) mass is 561 g/mol. The number of alkyl halides is 3. The number of carboxylic acid groups (broad SMARTS) is 1. The fourth-order valence-corrected chi connectivity index (χ4v) is 4.64. The van der Waals surface area contributed by atoms with E-state index >= 15 is 0 Å². The molecule has 0 radical (unpaired) electrons. The van der Waals surface area contributed by atoms with Gasteiger partial charge in [0.05, 0.1) is 6.42 Å². The molecule has 1 amide bonds. The third-order valence-electron chi connectivity index (χ3n) is 6.75. The summed E-state index contributed by atoms with van der Waals surface area (Å²) in [5.41, 5.74) is 7.46. The molecule has 41 heavy (non-hydrogen) atoms. The molecule has 8 heteroatoms. The van der Waals surface area contributed by atoms with E-state index in [2.05, 4.69) is 47.3 Å². The number of carbonyl (C=O) groups is 2. The van der Waals surface area contributed by atoms with Gasteiger partial charge in [0.1, 0.15) is 5.75 Å². The second kappa shape index (κ2) is 12.7. The highest BCUT2D eigenvalue weighted by atomic mass is 19.4. The van der Waals surface area contributed by atoms with E-state index in [-0.39, 0.29) is 30.5 Å². The van der Waals surface area contributed by atoms with Crippen LogP contribution in [0.15, 0.2) is 91.0 Å². The summed E-state index contributed by atoms with van der Waals surface area (Å²) in [6.07, 6.45) is -4.21. The van der Waals surface area contributed by atoms with Gasteiger partial charge in [-0.3, -0.25) is 9.59 Å². The SMILES string of the molecule is Cc1ccc(-c2ccc(-c3ccc(OC(F)(F)F)cc3)cc2C(C)Cc2ccc(C(=O)NCCC(=O)O)cc2)cc1. The van der Waals surface area contributed by atoms with Crippen LogP contribution in [-0.4, -0.2) is 29.9 Å².